The number of anilines is 1. The predicted molar refractivity (Wildman–Crippen MR) is 129 cm³/mol. The van der Waals surface area contributed by atoms with Gasteiger partial charge in [0.25, 0.3) is 5.91 Å². The minimum Gasteiger partial charge on any atom is -0.495 e. The number of methoxy groups -OCH3 is 2. The number of hydrogen-bond acceptors (Lipinski definition) is 6. The Morgan fingerprint density at radius 1 is 1.12 bits per heavy atom. The van der Waals surface area contributed by atoms with Gasteiger partial charge in [-0.2, -0.15) is 4.31 Å². The fourth-order valence-electron chi connectivity index (χ4n) is 4.00. The fourth-order valence-corrected chi connectivity index (χ4v) is 5.80. The molecular formula is C23H30ClN3O5S. The molecule has 2 aromatic rings. The number of rotatable bonds is 9. The molecule has 0 spiro atoms. The zero-order valence-electron chi connectivity index (χ0n) is 19.3. The van der Waals surface area contributed by atoms with Crippen molar-refractivity contribution in [2.45, 2.75) is 31.2 Å². The molecule has 1 aliphatic rings. The summed E-state index contributed by atoms with van der Waals surface area (Å²) in [6.45, 7) is 5.50. The number of benzene rings is 2. The minimum atomic E-state index is -3.79. The smallest absolute Gasteiger partial charge is 0.251 e. The highest BCUT2D eigenvalue weighted by molar-refractivity contribution is 7.89. The number of sulfonamides is 1. The summed E-state index contributed by atoms with van der Waals surface area (Å²) >= 11 is 6.16. The molecule has 1 heterocycles. The summed E-state index contributed by atoms with van der Waals surface area (Å²) in [6.07, 6.45) is 0.738. The van der Waals surface area contributed by atoms with Gasteiger partial charge in [0.05, 0.1) is 19.9 Å². The number of ether oxygens (including phenoxy) is 2. The van der Waals surface area contributed by atoms with E-state index in [0.29, 0.717) is 30.4 Å². The van der Waals surface area contributed by atoms with E-state index in [1.807, 2.05) is 12.1 Å². The lowest BCUT2D eigenvalue weighted by Gasteiger charge is -2.22. The molecule has 180 valence electrons. The molecule has 2 aromatic carbocycles. The highest BCUT2D eigenvalue weighted by Crippen LogP contribution is 2.33. The standard InChI is InChI=1S/C23H30ClN3O5S/c1-5-27(6-2)33(29,30)22-13-16(7-9-21(22)32-4)23(28)25-18-11-12-26(15-18)19-14-17(24)8-10-20(19)31-3/h7-10,13-14,18H,5-6,11-12,15H2,1-4H3,(H,25,28). The second-order valence-corrected chi connectivity index (χ2v) is 10.0. The molecule has 1 atom stereocenters. The molecule has 1 fully saturated rings. The van der Waals surface area contributed by atoms with Crippen molar-refractivity contribution in [2.24, 2.45) is 0 Å². The van der Waals surface area contributed by atoms with E-state index in [0.717, 1.165) is 18.7 Å². The van der Waals surface area contributed by atoms with Crippen LogP contribution in [0.5, 0.6) is 11.5 Å². The van der Waals surface area contributed by atoms with Crippen molar-refractivity contribution < 1.29 is 22.7 Å². The number of hydrogen-bond donors (Lipinski definition) is 1. The number of carbonyl (C=O) groups is 1. The summed E-state index contributed by atoms with van der Waals surface area (Å²) in [6, 6.07) is 9.80. The summed E-state index contributed by atoms with van der Waals surface area (Å²) in [5.74, 6) is 0.588. The van der Waals surface area contributed by atoms with Gasteiger partial charge in [0.2, 0.25) is 10.0 Å². The van der Waals surface area contributed by atoms with Crippen molar-refractivity contribution in [3.05, 3.63) is 47.0 Å². The Hall–Kier alpha value is -2.49. The molecule has 0 bridgehead atoms. The van der Waals surface area contributed by atoms with Gasteiger partial charge in [-0.1, -0.05) is 25.4 Å². The van der Waals surface area contributed by atoms with E-state index >= 15 is 0 Å². The summed E-state index contributed by atoms with van der Waals surface area (Å²) in [5.41, 5.74) is 1.14. The van der Waals surface area contributed by atoms with Crippen LogP contribution in [0.4, 0.5) is 5.69 Å². The maximum absolute atomic E-state index is 13.1. The van der Waals surface area contributed by atoms with Gasteiger partial charge in [-0.15, -0.1) is 0 Å². The van der Waals surface area contributed by atoms with Gasteiger partial charge >= 0.3 is 0 Å². The number of nitrogens with one attached hydrogen (secondary N) is 1. The molecule has 1 amide bonds. The van der Waals surface area contributed by atoms with Crippen LogP contribution in [0.1, 0.15) is 30.6 Å². The average Bonchev–Trinajstić information content (AvgIpc) is 3.27. The number of amides is 1. The van der Waals surface area contributed by atoms with Crippen molar-refractivity contribution in [1.82, 2.24) is 9.62 Å². The summed E-state index contributed by atoms with van der Waals surface area (Å²) < 4.78 is 38.2. The summed E-state index contributed by atoms with van der Waals surface area (Å²) in [7, 11) is -0.773. The summed E-state index contributed by atoms with van der Waals surface area (Å²) in [5, 5.41) is 3.63. The van der Waals surface area contributed by atoms with Crippen molar-refractivity contribution >= 4 is 33.2 Å². The first-order valence-electron chi connectivity index (χ1n) is 10.8. The van der Waals surface area contributed by atoms with Crippen LogP contribution in [0.3, 0.4) is 0 Å². The van der Waals surface area contributed by atoms with E-state index in [-0.39, 0.29) is 28.2 Å². The van der Waals surface area contributed by atoms with Crippen molar-refractivity contribution in [3.63, 3.8) is 0 Å². The topological polar surface area (TPSA) is 88.2 Å². The van der Waals surface area contributed by atoms with Crippen molar-refractivity contribution in [2.75, 3.05) is 45.3 Å². The van der Waals surface area contributed by atoms with E-state index in [4.69, 9.17) is 21.1 Å². The van der Waals surface area contributed by atoms with Gasteiger partial charge in [0, 0.05) is 42.8 Å². The molecule has 8 nitrogen and oxygen atoms in total. The van der Waals surface area contributed by atoms with Gasteiger partial charge in [-0.25, -0.2) is 8.42 Å². The van der Waals surface area contributed by atoms with E-state index < -0.39 is 10.0 Å². The van der Waals surface area contributed by atoms with Crippen LogP contribution in [0, 0.1) is 0 Å². The van der Waals surface area contributed by atoms with Crippen LogP contribution in [0.2, 0.25) is 5.02 Å². The molecule has 1 saturated heterocycles. The Kier molecular flexibility index (Phi) is 8.10. The normalized spacial score (nSPS) is 16.2. The lowest BCUT2D eigenvalue weighted by molar-refractivity contribution is 0.0940. The van der Waals surface area contributed by atoms with Crippen LogP contribution in [0.15, 0.2) is 41.3 Å². The first-order valence-corrected chi connectivity index (χ1v) is 12.6. The van der Waals surface area contributed by atoms with E-state index in [9.17, 15) is 13.2 Å². The van der Waals surface area contributed by atoms with Crippen LogP contribution < -0.4 is 19.7 Å². The molecular weight excluding hydrogens is 466 g/mol. The third-order valence-electron chi connectivity index (χ3n) is 5.75. The Bertz CT molecular complexity index is 1110. The first-order chi connectivity index (χ1) is 15.7. The van der Waals surface area contributed by atoms with Crippen molar-refractivity contribution in [1.29, 1.82) is 0 Å². The van der Waals surface area contributed by atoms with Crippen molar-refractivity contribution in [3.8, 4) is 11.5 Å². The quantitative estimate of drug-likeness (QED) is 0.573. The van der Waals surface area contributed by atoms with Crippen LogP contribution in [-0.2, 0) is 10.0 Å². The predicted octanol–water partition coefficient (Wildman–Crippen LogP) is 3.40. The molecule has 0 aliphatic carbocycles. The number of nitrogens with zero attached hydrogens (tertiary/aromatic N) is 2. The molecule has 0 saturated carbocycles. The van der Waals surface area contributed by atoms with E-state index in [1.54, 1.807) is 33.1 Å². The van der Waals surface area contributed by atoms with Gasteiger partial charge in [-0.05, 0) is 42.8 Å². The minimum absolute atomic E-state index is 0.0157. The van der Waals surface area contributed by atoms with Crippen LogP contribution in [0.25, 0.3) is 0 Å². The maximum atomic E-state index is 13.1. The molecule has 1 unspecified atom stereocenters. The molecule has 10 heteroatoms. The third kappa shape index (κ3) is 5.37. The second kappa shape index (κ2) is 10.6. The fraction of sp³-hybridized carbons (Fsp3) is 0.435. The highest BCUT2D eigenvalue weighted by atomic mass is 35.5. The average molecular weight is 496 g/mol. The van der Waals surface area contributed by atoms with Gasteiger partial charge in [0.1, 0.15) is 16.4 Å². The highest BCUT2D eigenvalue weighted by Gasteiger charge is 2.29. The van der Waals surface area contributed by atoms with Crippen LogP contribution in [-0.4, -0.2) is 65.1 Å². The van der Waals surface area contributed by atoms with Gasteiger partial charge < -0.3 is 19.7 Å². The van der Waals surface area contributed by atoms with Gasteiger partial charge in [0.15, 0.2) is 0 Å². The zero-order valence-corrected chi connectivity index (χ0v) is 20.9. The monoisotopic (exact) mass is 495 g/mol. The molecule has 1 N–H and O–H groups in total. The Labute approximate surface area is 200 Å². The van der Waals surface area contributed by atoms with E-state index in [1.165, 1.54) is 23.5 Å². The van der Waals surface area contributed by atoms with Crippen LogP contribution >= 0.6 is 11.6 Å². The Balaban J connectivity index is 1.78. The zero-order chi connectivity index (χ0) is 24.2. The van der Waals surface area contributed by atoms with E-state index in [2.05, 4.69) is 10.2 Å². The SMILES string of the molecule is CCN(CC)S(=O)(=O)c1cc(C(=O)NC2CCN(c3cc(Cl)ccc3OC)C2)ccc1OC. The first kappa shape index (κ1) is 25.1. The molecule has 0 radical (unpaired) electrons. The maximum Gasteiger partial charge on any atom is 0.251 e. The second-order valence-electron chi connectivity index (χ2n) is 7.68. The lowest BCUT2D eigenvalue weighted by Crippen LogP contribution is -2.37. The largest absolute Gasteiger partial charge is 0.495 e. The molecule has 3 rings (SSSR count). The lowest BCUT2D eigenvalue weighted by atomic mass is 10.1. The number of halogens is 1. The summed E-state index contributed by atoms with van der Waals surface area (Å²) in [4.78, 5) is 15.1. The van der Waals surface area contributed by atoms with Gasteiger partial charge in [-0.3, -0.25) is 4.79 Å². The molecule has 33 heavy (non-hydrogen) atoms. The number of carbonyl (C=O) groups excluding carboxylic acids is 1. The Morgan fingerprint density at radius 2 is 1.79 bits per heavy atom. The molecule has 0 aromatic heterocycles. The molecule has 1 aliphatic heterocycles. The third-order valence-corrected chi connectivity index (χ3v) is 8.06. The Morgan fingerprint density at radius 3 is 2.42 bits per heavy atom.